The molecular weight excluding hydrogens is 353 g/mol. The van der Waals surface area contributed by atoms with Crippen LogP contribution in [0.3, 0.4) is 0 Å². The van der Waals surface area contributed by atoms with Crippen LogP contribution in [0.2, 0.25) is 10.0 Å². The van der Waals surface area contributed by atoms with E-state index in [9.17, 15) is 14.7 Å². The summed E-state index contributed by atoms with van der Waals surface area (Å²) in [6.07, 6.45) is -0.884. The molecule has 5 nitrogen and oxygen atoms in total. The van der Waals surface area contributed by atoms with Crippen molar-refractivity contribution >= 4 is 40.8 Å². The van der Waals surface area contributed by atoms with Crippen LogP contribution < -0.4 is 10.1 Å². The molecule has 0 aromatic heterocycles. The number of carbonyl (C=O) groups is 2. The van der Waals surface area contributed by atoms with Crippen LogP contribution in [0, 0.1) is 6.92 Å². The van der Waals surface area contributed by atoms with Gasteiger partial charge in [-0.15, -0.1) is 0 Å². The summed E-state index contributed by atoms with van der Waals surface area (Å²) in [4.78, 5) is 23.6. The zero-order valence-corrected chi connectivity index (χ0v) is 14.5. The van der Waals surface area contributed by atoms with Crippen molar-refractivity contribution in [2.24, 2.45) is 0 Å². The van der Waals surface area contributed by atoms with E-state index in [0.29, 0.717) is 16.3 Å². The summed E-state index contributed by atoms with van der Waals surface area (Å²) < 4.78 is 5.52. The number of benzene rings is 2. The highest BCUT2D eigenvalue weighted by Gasteiger charge is 2.20. The number of halogens is 2. The number of nitrogens with one attached hydrogen (secondary N) is 1. The Balaban J connectivity index is 2.16. The van der Waals surface area contributed by atoms with Gasteiger partial charge in [0.2, 0.25) is 0 Å². The largest absolute Gasteiger partial charge is 0.479 e. The second-order valence-corrected chi connectivity index (χ2v) is 5.97. The van der Waals surface area contributed by atoms with Crippen LogP contribution in [0.5, 0.6) is 5.75 Å². The Labute approximate surface area is 149 Å². The lowest BCUT2D eigenvalue weighted by Crippen LogP contribution is -2.31. The summed E-state index contributed by atoms with van der Waals surface area (Å²) >= 11 is 11.8. The second kappa shape index (κ2) is 7.55. The number of aromatic carboxylic acids is 1. The van der Waals surface area contributed by atoms with E-state index < -0.39 is 18.0 Å². The lowest BCUT2D eigenvalue weighted by atomic mass is 10.1. The van der Waals surface area contributed by atoms with E-state index in [1.54, 1.807) is 38.1 Å². The minimum absolute atomic E-state index is 0.0140. The summed E-state index contributed by atoms with van der Waals surface area (Å²) in [6.45, 7) is 3.25. The van der Waals surface area contributed by atoms with Crippen LogP contribution in [0.15, 0.2) is 36.4 Å². The highest BCUT2D eigenvalue weighted by atomic mass is 35.5. The first-order chi connectivity index (χ1) is 11.3. The number of amides is 1. The molecule has 0 aliphatic carbocycles. The molecule has 0 unspecified atom stereocenters. The maximum absolute atomic E-state index is 12.3. The maximum atomic E-state index is 12.3. The van der Waals surface area contributed by atoms with E-state index in [1.165, 1.54) is 12.1 Å². The third-order valence-corrected chi connectivity index (χ3v) is 3.85. The average Bonchev–Trinajstić information content (AvgIpc) is 2.51. The number of hydrogen-bond acceptors (Lipinski definition) is 3. The third kappa shape index (κ3) is 4.19. The van der Waals surface area contributed by atoms with Gasteiger partial charge in [0, 0.05) is 5.02 Å². The Bertz CT molecular complexity index is 792. The van der Waals surface area contributed by atoms with Gasteiger partial charge in [-0.1, -0.05) is 35.3 Å². The molecule has 2 aromatic carbocycles. The number of ether oxygens (including phenoxy) is 1. The van der Waals surface area contributed by atoms with Gasteiger partial charge in [-0.05, 0) is 43.7 Å². The number of aryl methyl sites for hydroxylation is 1. The molecule has 0 radical (unpaired) electrons. The van der Waals surface area contributed by atoms with Gasteiger partial charge in [-0.25, -0.2) is 4.79 Å². The molecule has 0 aliphatic heterocycles. The van der Waals surface area contributed by atoms with Gasteiger partial charge in [-0.2, -0.15) is 0 Å². The number of carbonyl (C=O) groups excluding carboxylic acids is 1. The van der Waals surface area contributed by atoms with Crippen molar-refractivity contribution in [3.63, 3.8) is 0 Å². The molecule has 0 spiro atoms. The predicted octanol–water partition coefficient (Wildman–Crippen LogP) is 4.41. The van der Waals surface area contributed by atoms with Gasteiger partial charge < -0.3 is 15.2 Å². The van der Waals surface area contributed by atoms with E-state index >= 15 is 0 Å². The molecular formula is C17H15Cl2NO4. The number of carboxylic acids is 1. The molecule has 2 N–H and O–H groups in total. The molecule has 126 valence electrons. The molecule has 2 aromatic rings. The molecule has 24 heavy (non-hydrogen) atoms. The lowest BCUT2D eigenvalue weighted by molar-refractivity contribution is -0.122. The molecule has 1 amide bonds. The first-order valence-corrected chi connectivity index (χ1v) is 7.80. The molecule has 2 rings (SSSR count). The normalized spacial score (nSPS) is 11.7. The van der Waals surface area contributed by atoms with Crippen molar-refractivity contribution in [3.8, 4) is 5.75 Å². The molecule has 0 bridgehead atoms. The molecule has 0 saturated carbocycles. The number of para-hydroxylation sites is 1. The van der Waals surface area contributed by atoms with Crippen molar-refractivity contribution in [2.75, 3.05) is 5.32 Å². The fraction of sp³-hybridized carbons (Fsp3) is 0.176. The number of carboxylic acid groups (broad SMARTS) is 1. The van der Waals surface area contributed by atoms with Gasteiger partial charge in [0.15, 0.2) is 6.10 Å². The summed E-state index contributed by atoms with van der Waals surface area (Å²) in [6, 6.07) is 9.41. The number of rotatable bonds is 5. The van der Waals surface area contributed by atoms with E-state index in [1.807, 2.05) is 0 Å². The Kier molecular flexibility index (Phi) is 5.70. The molecule has 0 fully saturated rings. The van der Waals surface area contributed by atoms with E-state index in [2.05, 4.69) is 5.32 Å². The summed E-state index contributed by atoms with van der Waals surface area (Å²) in [5.41, 5.74) is 0.896. The fourth-order valence-corrected chi connectivity index (χ4v) is 2.50. The van der Waals surface area contributed by atoms with Crippen LogP contribution in [0.25, 0.3) is 0 Å². The highest BCUT2D eigenvalue weighted by molar-refractivity contribution is 6.35. The minimum atomic E-state index is -1.12. The molecule has 1 atom stereocenters. The van der Waals surface area contributed by atoms with Gasteiger partial charge in [0.05, 0.1) is 16.3 Å². The maximum Gasteiger partial charge on any atom is 0.337 e. The van der Waals surface area contributed by atoms with Crippen LogP contribution in [0.4, 0.5) is 5.69 Å². The smallest absolute Gasteiger partial charge is 0.337 e. The second-order valence-electron chi connectivity index (χ2n) is 5.13. The lowest BCUT2D eigenvalue weighted by Gasteiger charge is -2.17. The zero-order valence-electron chi connectivity index (χ0n) is 13.0. The quantitative estimate of drug-likeness (QED) is 0.820. The standard InChI is InChI=1S/C17H15Cl2NO4/c1-9-4-3-5-12(17(22)23)15(9)20-16(21)10(2)24-14-7-6-11(18)8-13(14)19/h3-8,10H,1-2H3,(H,20,21)(H,22,23)/t10-/m0/s1. The number of hydrogen-bond donors (Lipinski definition) is 2. The van der Waals surface area contributed by atoms with Gasteiger partial charge in [0.25, 0.3) is 5.91 Å². The van der Waals surface area contributed by atoms with Crippen molar-refractivity contribution in [2.45, 2.75) is 20.0 Å². The van der Waals surface area contributed by atoms with Gasteiger partial charge in [0.1, 0.15) is 5.75 Å². The monoisotopic (exact) mass is 367 g/mol. The van der Waals surface area contributed by atoms with Crippen LogP contribution in [0.1, 0.15) is 22.8 Å². The SMILES string of the molecule is Cc1cccc(C(=O)O)c1NC(=O)[C@H](C)Oc1ccc(Cl)cc1Cl. The van der Waals surface area contributed by atoms with E-state index in [0.717, 1.165) is 0 Å². The van der Waals surface area contributed by atoms with Gasteiger partial charge >= 0.3 is 5.97 Å². The Morgan fingerprint density at radius 1 is 1.21 bits per heavy atom. The first-order valence-electron chi connectivity index (χ1n) is 7.05. The minimum Gasteiger partial charge on any atom is -0.479 e. The summed E-state index contributed by atoms with van der Waals surface area (Å²) in [5, 5.41) is 12.6. The van der Waals surface area contributed by atoms with Crippen molar-refractivity contribution in [3.05, 3.63) is 57.6 Å². The Hall–Kier alpha value is -2.24. The number of anilines is 1. The Morgan fingerprint density at radius 2 is 1.92 bits per heavy atom. The van der Waals surface area contributed by atoms with Crippen LogP contribution >= 0.6 is 23.2 Å². The van der Waals surface area contributed by atoms with Crippen LogP contribution in [-0.2, 0) is 4.79 Å². The third-order valence-electron chi connectivity index (χ3n) is 3.32. The van der Waals surface area contributed by atoms with Crippen molar-refractivity contribution < 1.29 is 19.4 Å². The molecule has 0 aliphatic rings. The molecule has 0 heterocycles. The topological polar surface area (TPSA) is 75.6 Å². The zero-order chi connectivity index (χ0) is 17.9. The summed E-state index contributed by atoms with van der Waals surface area (Å²) in [7, 11) is 0. The first kappa shape index (κ1) is 18.1. The molecule has 0 saturated heterocycles. The van der Waals surface area contributed by atoms with Crippen molar-refractivity contribution in [1.29, 1.82) is 0 Å². The van der Waals surface area contributed by atoms with Crippen molar-refractivity contribution in [1.82, 2.24) is 0 Å². The Morgan fingerprint density at radius 3 is 2.54 bits per heavy atom. The van der Waals surface area contributed by atoms with Crippen LogP contribution in [-0.4, -0.2) is 23.1 Å². The predicted molar refractivity (Wildman–Crippen MR) is 93.3 cm³/mol. The summed E-state index contributed by atoms with van der Waals surface area (Å²) in [5.74, 6) is -1.30. The average molecular weight is 368 g/mol. The fourth-order valence-electron chi connectivity index (χ4n) is 2.05. The highest BCUT2D eigenvalue weighted by Crippen LogP contribution is 2.28. The van der Waals surface area contributed by atoms with Gasteiger partial charge in [-0.3, -0.25) is 4.79 Å². The van der Waals surface area contributed by atoms with E-state index in [4.69, 9.17) is 27.9 Å². The van der Waals surface area contributed by atoms with E-state index in [-0.39, 0.29) is 16.3 Å². The molecule has 7 heteroatoms.